The topological polar surface area (TPSA) is 237 Å². The van der Waals surface area contributed by atoms with Crippen LogP contribution in [0.1, 0.15) is 259 Å². The lowest BCUT2D eigenvalue weighted by molar-refractivity contribution is -0.161. The number of hydrogen-bond donors (Lipinski definition) is 3. The van der Waals surface area contributed by atoms with Gasteiger partial charge in [0.1, 0.15) is 19.3 Å². The van der Waals surface area contributed by atoms with E-state index in [2.05, 4.69) is 198 Å². The summed E-state index contributed by atoms with van der Waals surface area (Å²) >= 11 is 0. The maximum Gasteiger partial charge on any atom is 0.472 e. The summed E-state index contributed by atoms with van der Waals surface area (Å²) in [5.41, 5.74) is 0. The lowest BCUT2D eigenvalue weighted by atomic mass is 10.1. The summed E-state index contributed by atoms with van der Waals surface area (Å²) in [5, 5.41) is 10.6. The van der Waals surface area contributed by atoms with Gasteiger partial charge in [0.2, 0.25) is 0 Å². The Morgan fingerprint density at radius 2 is 0.537 bits per heavy atom. The molecule has 108 heavy (non-hydrogen) atoms. The first-order valence-electron chi connectivity index (χ1n) is 40.0. The smallest absolute Gasteiger partial charge is 0.462 e. The molecule has 0 bridgehead atoms. The van der Waals surface area contributed by atoms with Gasteiger partial charge >= 0.3 is 39.5 Å². The minimum Gasteiger partial charge on any atom is -0.462 e. The Labute approximate surface area is 651 Å². The molecule has 0 amide bonds. The van der Waals surface area contributed by atoms with E-state index in [1.807, 2.05) is 42.5 Å². The standard InChI is InChI=1S/C89H138O17P2/c1-5-9-13-17-21-25-29-33-37-39-41-43-47-50-54-58-62-66-70-74-87(92)100-80-85(106-89(94)76-72-68-64-60-56-52-48-44-42-40-38-34-30-26-22-18-14-10-6-2)82-104-108(97,98)102-78-83(90)77-101-107(95,96)103-81-84(105-88(93)75-71-67-63-59-55-51-46-36-32-28-24-20-16-12-8-4)79-99-86(91)73-69-65-61-57-53-49-45-35-31-27-23-19-15-11-7-3/h9,11-13,15-16,21-28,33-38,41-46,50,53-55,57,59,62,65-66,69,83-85,90H,5-8,10,14,17-20,29-32,39-40,47-49,51-52,56,58,60-61,63-64,67-68,70-82H2,1-4H3,(H,95,96)(H,97,98)/b13-9-,15-11-,16-12-,25-21-,26-22-,27-23-,28-24-,37-33-,38-34-,43-41-,44-42-,45-35-,46-36-,54-50-,57-53-,59-55-,66-62-,69-65-. The number of aliphatic hydroxyl groups excluding tert-OH is 1. The summed E-state index contributed by atoms with van der Waals surface area (Å²) in [6.45, 7) is 4.19. The van der Waals surface area contributed by atoms with Gasteiger partial charge in [0.05, 0.1) is 32.8 Å². The van der Waals surface area contributed by atoms with Crippen LogP contribution < -0.4 is 0 Å². The molecule has 0 fully saturated rings. The van der Waals surface area contributed by atoms with Gasteiger partial charge in [-0.2, -0.15) is 0 Å². The van der Waals surface area contributed by atoms with Gasteiger partial charge in [-0.15, -0.1) is 0 Å². The number of ether oxygens (including phenoxy) is 4. The number of unbranched alkanes of at least 4 members (excludes halogenated alkanes) is 11. The van der Waals surface area contributed by atoms with Crippen LogP contribution in [0.3, 0.4) is 0 Å². The molecule has 5 unspecified atom stereocenters. The third kappa shape index (κ3) is 77.5. The number of rotatable bonds is 72. The van der Waals surface area contributed by atoms with Gasteiger partial charge in [-0.1, -0.05) is 285 Å². The van der Waals surface area contributed by atoms with Crippen molar-refractivity contribution in [1.82, 2.24) is 0 Å². The first-order valence-corrected chi connectivity index (χ1v) is 43.0. The molecule has 0 rings (SSSR count). The molecular formula is C89H138O17P2. The van der Waals surface area contributed by atoms with Crippen LogP contribution in [0.15, 0.2) is 219 Å². The zero-order valence-corrected chi connectivity index (χ0v) is 68.0. The molecule has 0 spiro atoms. The number of aliphatic hydroxyl groups is 1. The van der Waals surface area contributed by atoms with Crippen molar-refractivity contribution in [1.29, 1.82) is 0 Å². The Morgan fingerprint density at radius 1 is 0.278 bits per heavy atom. The zero-order valence-electron chi connectivity index (χ0n) is 66.2. The van der Waals surface area contributed by atoms with Crippen molar-refractivity contribution >= 4 is 39.5 Å². The van der Waals surface area contributed by atoms with Gasteiger partial charge in [0.25, 0.3) is 0 Å². The number of hydrogen-bond acceptors (Lipinski definition) is 15. The summed E-state index contributed by atoms with van der Waals surface area (Å²) in [4.78, 5) is 73.0. The minimum absolute atomic E-state index is 0.0117. The van der Waals surface area contributed by atoms with Crippen molar-refractivity contribution in [2.75, 3.05) is 39.6 Å². The van der Waals surface area contributed by atoms with Crippen LogP contribution in [0.4, 0.5) is 0 Å². The summed E-state index contributed by atoms with van der Waals surface area (Å²) in [7, 11) is -10.0. The Morgan fingerprint density at radius 3 is 0.880 bits per heavy atom. The van der Waals surface area contributed by atoms with Crippen LogP contribution in [0, 0.1) is 0 Å². The van der Waals surface area contributed by atoms with E-state index >= 15 is 0 Å². The molecule has 0 aromatic rings. The van der Waals surface area contributed by atoms with Crippen molar-refractivity contribution in [2.45, 2.75) is 277 Å². The van der Waals surface area contributed by atoms with E-state index in [0.717, 1.165) is 148 Å². The molecule has 0 radical (unpaired) electrons. The van der Waals surface area contributed by atoms with E-state index in [0.29, 0.717) is 38.5 Å². The lowest BCUT2D eigenvalue weighted by Gasteiger charge is -2.21. The van der Waals surface area contributed by atoms with Crippen LogP contribution in [0.25, 0.3) is 0 Å². The number of allylic oxidation sites excluding steroid dienone is 35. The molecule has 19 heteroatoms. The predicted octanol–water partition coefficient (Wildman–Crippen LogP) is 23.7. The maximum atomic E-state index is 13.1. The minimum atomic E-state index is -5.03. The molecule has 0 aromatic heterocycles. The molecule has 0 saturated heterocycles. The molecule has 0 heterocycles. The summed E-state index contributed by atoms with van der Waals surface area (Å²) in [6, 6.07) is 0. The van der Waals surface area contributed by atoms with E-state index in [-0.39, 0.29) is 25.7 Å². The predicted molar refractivity (Wildman–Crippen MR) is 445 cm³/mol. The van der Waals surface area contributed by atoms with Gasteiger partial charge in [-0.3, -0.25) is 37.3 Å². The van der Waals surface area contributed by atoms with Crippen LogP contribution in [0.2, 0.25) is 0 Å². The van der Waals surface area contributed by atoms with E-state index in [1.54, 1.807) is 6.08 Å². The second kappa shape index (κ2) is 78.5. The van der Waals surface area contributed by atoms with Crippen LogP contribution in [-0.2, 0) is 65.4 Å². The first kappa shape index (κ1) is 101. The summed E-state index contributed by atoms with van der Waals surface area (Å²) in [5.74, 6) is -2.51. The lowest BCUT2D eigenvalue weighted by Crippen LogP contribution is -2.30. The normalized spacial score (nSPS) is 15.0. The van der Waals surface area contributed by atoms with E-state index in [9.17, 15) is 43.2 Å². The maximum absolute atomic E-state index is 13.1. The largest absolute Gasteiger partial charge is 0.472 e. The third-order valence-corrected chi connectivity index (χ3v) is 17.4. The average molecular weight is 1540 g/mol. The molecule has 606 valence electrons. The zero-order chi connectivity index (χ0) is 78.9. The monoisotopic (exact) mass is 1540 g/mol. The Kier molecular flexibility index (Phi) is 73.7. The molecule has 3 N–H and O–H groups in total. The second-order valence-electron chi connectivity index (χ2n) is 25.5. The molecule has 0 aliphatic rings. The average Bonchev–Trinajstić information content (AvgIpc) is 0.896. The van der Waals surface area contributed by atoms with Crippen molar-refractivity contribution in [3.05, 3.63) is 219 Å². The first-order chi connectivity index (χ1) is 52.7. The highest BCUT2D eigenvalue weighted by Crippen LogP contribution is 2.45. The fourth-order valence-electron chi connectivity index (χ4n) is 9.49. The molecule has 5 atom stereocenters. The highest BCUT2D eigenvalue weighted by molar-refractivity contribution is 7.47. The van der Waals surface area contributed by atoms with Crippen molar-refractivity contribution in [3.63, 3.8) is 0 Å². The summed E-state index contributed by atoms with van der Waals surface area (Å²) in [6.07, 6.45) is 99.7. The second-order valence-corrected chi connectivity index (χ2v) is 28.4. The Hall–Kier alpha value is -6.62. The number of esters is 4. The van der Waals surface area contributed by atoms with Gasteiger partial charge in [-0.05, 0) is 167 Å². The fraction of sp³-hybridized carbons (Fsp3) is 0.551. The van der Waals surface area contributed by atoms with Crippen LogP contribution in [-0.4, -0.2) is 96.7 Å². The number of carbonyl (C=O) groups is 4. The van der Waals surface area contributed by atoms with Crippen molar-refractivity contribution < 1.29 is 80.2 Å². The quantitative estimate of drug-likeness (QED) is 0.0169. The number of phosphoric acid groups is 2. The third-order valence-electron chi connectivity index (χ3n) is 15.5. The SMILES string of the molecule is CC/C=C\C/C=C\C/C=C\C/C=C\C/C=C\C/C=C\CCC(=O)OCC(COP(=O)(O)OCC(O)COP(=O)(O)OCC(COC(=O)C/C=C\C/C=C\C/C=C\C/C=C\C/C=C\CC)OC(=O)CCCC/C=C\C/C=C\C/C=C\C/C=C\CC)OC(=O)CCCCCCCC/C=C\C/C=C\C/C=C\CCCCC. The molecule has 0 aliphatic carbocycles. The fourth-order valence-corrected chi connectivity index (χ4v) is 11.1. The van der Waals surface area contributed by atoms with Gasteiger partial charge in [0, 0.05) is 19.3 Å². The van der Waals surface area contributed by atoms with Gasteiger partial charge < -0.3 is 33.8 Å². The molecule has 17 nitrogen and oxygen atoms in total. The summed E-state index contributed by atoms with van der Waals surface area (Å²) < 4.78 is 68.4. The van der Waals surface area contributed by atoms with E-state index in [1.165, 1.54) is 19.3 Å². The molecule has 0 aliphatic heterocycles. The molecular weight excluding hydrogens is 1400 g/mol. The number of phosphoric ester groups is 2. The number of carbonyl (C=O) groups excluding carboxylic acids is 4. The Bertz CT molecular complexity index is 2910. The van der Waals surface area contributed by atoms with Crippen molar-refractivity contribution in [3.8, 4) is 0 Å². The van der Waals surface area contributed by atoms with E-state index < -0.39 is 97.5 Å². The van der Waals surface area contributed by atoms with Crippen LogP contribution in [0.5, 0.6) is 0 Å². The van der Waals surface area contributed by atoms with Crippen LogP contribution >= 0.6 is 15.6 Å². The Balaban J connectivity index is 5.58. The molecule has 0 saturated carbocycles. The van der Waals surface area contributed by atoms with Crippen molar-refractivity contribution in [2.24, 2.45) is 0 Å². The van der Waals surface area contributed by atoms with Gasteiger partial charge in [-0.25, -0.2) is 9.13 Å². The molecule has 0 aromatic carbocycles. The van der Waals surface area contributed by atoms with Gasteiger partial charge in [0.15, 0.2) is 12.2 Å². The highest BCUT2D eigenvalue weighted by Gasteiger charge is 2.30. The van der Waals surface area contributed by atoms with E-state index in [4.69, 9.17) is 37.0 Å². The highest BCUT2D eigenvalue weighted by atomic mass is 31.2.